The van der Waals surface area contributed by atoms with E-state index < -0.39 is 177 Å². The van der Waals surface area contributed by atoms with Crippen LogP contribution in [0.2, 0.25) is 0 Å². The molecule has 0 saturated carbocycles. The zero-order chi connectivity index (χ0) is 58.6. The first-order valence-electron chi connectivity index (χ1n) is 25.0. The molecule has 1 heterocycles. The van der Waals surface area contributed by atoms with Crippen LogP contribution in [0.4, 0.5) is 0 Å². The van der Waals surface area contributed by atoms with Gasteiger partial charge in [0.1, 0.15) is 48.4 Å². The predicted molar refractivity (Wildman–Crippen MR) is 280 cm³/mol. The molecule has 0 aliphatic rings. The highest BCUT2D eigenvalue weighted by Crippen LogP contribution is 2.13. The number of nitrogens with one attached hydrogen (secondary N) is 7. The molecule has 2 unspecified atom stereocenters. The lowest BCUT2D eigenvalue weighted by Gasteiger charge is -2.28. The van der Waals surface area contributed by atoms with E-state index in [0.717, 1.165) is 0 Å². The number of carbonyl (C=O) groups excluding carboxylic acids is 9. The largest absolute Gasteiger partial charge is 0.481 e. The van der Waals surface area contributed by atoms with E-state index in [-0.39, 0.29) is 44.0 Å². The van der Waals surface area contributed by atoms with Crippen molar-refractivity contribution in [3.05, 3.63) is 54.1 Å². The minimum absolute atomic E-state index is 0.0314. The normalized spacial score (nSPS) is 15.0. The number of aromatic nitrogens is 2. The Morgan fingerprint density at radius 1 is 0.628 bits per heavy atom. The molecular formula is C48H75N13O16S. The molecule has 2 aromatic rings. The van der Waals surface area contributed by atoms with Gasteiger partial charge in [0.2, 0.25) is 53.2 Å². The van der Waals surface area contributed by atoms with Crippen LogP contribution in [-0.4, -0.2) is 180 Å². The molecule has 2 rings (SSSR count). The van der Waals surface area contributed by atoms with Crippen LogP contribution >= 0.6 is 12.6 Å². The topological polar surface area (TPSA) is 495 Å². The van der Waals surface area contributed by atoms with E-state index >= 15 is 0 Å². The number of unbranched alkanes of at least 4 members (excludes halogenated alkanes) is 1. The Bertz CT molecular complexity index is 2340. The zero-order valence-corrected chi connectivity index (χ0v) is 44.3. The van der Waals surface area contributed by atoms with E-state index in [0.29, 0.717) is 18.4 Å². The van der Waals surface area contributed by atoms with Crippen molar-refractivity contribution in [3.63, 3.8) is 0 Å². The number of benzene rings is 1. The van der Waals surface area contributed by atoms with Gasteiger partial charge in [0.15, 0.2) is 0 Å². The first-order chi connectivity index (χ1) is 36.8. The first-order valence-corrected chi connectivity index (χ1v) is 25.6. The third-order valence-corrected chi connectivity index (χ3v) is 12.1. The van der Waals surface area contributed by atoms with E-state index in [1.807, 2.05) is 0 Å². The van der Waals surface area contributed by atoms with Crippen molar-refractivity contribution >= 4 is 77.7 Å². The highest BCUT2D eigenvalue weighted by molar-refractivity contribution is 7.80. The van der Waals surface area contributed by atoms with Crippen LogP contribution in [0.15, 0.2) is 42.9 Å². The van der Waals surface area contributed by atoms with Crippen LogP contribution in [0.3, 0.4) is 0 Å². The van der Waals surface area contributed by atoms with Crippen LogP contribution in [0.1, 0.15) is 82.9 Å². The Morgan fingerprint density at radius 3 is 1.65 bits per heavy atom. The smallest absolute Gasteiger partial charge is 0.326 e. The van der Waals surface area contributed by atoms with Gasteiger partial charge < -0.3 is 90.3 Å². The van der Waals surface area contributed by atoms with Gasteiger partial charge in [-0.1, -0.05) is 44.2 Å². The van der Waals surface area contributed by atoms with Gasteiger partial charge >= 0.3 is 11.9 Å². The molecule has 0 saturated heterocycles. The lowest BCUT2D eigenvalue weighted by atomic mass is 10.00. The number of thiol groups is 1. The number of carbonyl (C=O) groups is 11. The van der Waals surface area contributed by atoms with Crippen molar-refractivity contribution in [2.75, 3.05) is 18.9 Å². The highest BCUT2D eigenvalue weighted by atomic mass is 32.1. The van der Waals surface area contributed by atoms with Gasteiger partial charge in [-0.15, -0.1) is 0 Å². The summed E-state index contributed by atoms with van der Waals surface area (Å²) >= 11 is 4.19. The molecule has 434 valence electrons. The number of rotatable bonds is 38. The number of aliphatic hydroxyl groups excluding tert-OH is 3. The number of nitrogens with zero attached hydrogens (tertiary/aromatic N) is 2. The second-order valence-electron chi connectivity index (χ2n) is 18.9. The lowest BCUT2D eigenvalue weighted by molar-refractivity contribution is -0.142. The molecule has 10 atom stereocenters. The minimum Gasteiger partial charge on any atom is -0.481 e. The SMILES string of the molecule is CC(C)C[C@H](NC(=O)[C@H](Cc1ccccc1)NC(=O)[C@H](CS)NC(=O)[C@H](CCC(=O)O)NC(=O)[C@@H](N)CC(N)=O)C(=O)N[C@@H](CCC(N)=O)C(=O)N[C@@H](Cc1cn(CC(O)C(O)CO)cn1)C(=O)N[C@@H](CCCCN)C(=O)O. The Labute approximate surface area is 454 Å². The number of nitrogens with two attached hydrogens (primary N) is 4. The van der Waals surface area contributed by atoms with Crippen LogP contribution in [0.25, 0.3) is 0 Å². The average molecular weight is 1120 g/mol. The number of carboxylic acid groups (broad SMARTS) is 2. The fourth-order valence-electron chi connectivity index (χ4n) is 7.51. The lowest BCUT2D eigenvalue weighted by Crippen LogP contribution is -2.61. The number of aliphatic hydroxyl groups is 3. The van der Waals surface area contributed by atoms with Crippen LogP contribution in [0.5, 0.6) is 0 Å². The molecule has 0 fully saturated rings. The Kier molecular flexibility index (Phi) is 29.6. The summed E-state index contributed by atoms with van der Waals surface area (Å²) in [5.41, 5.74) is 22.5. The second kappa shape index (κ2) is 34.5. The molecule has 0 bridgehead atoms. The van der Waals surface area contributed by atoms with Gasteiger partial charge in [0.05, 0.1) is 43.7 Å². The predicted octanol–water partition coefficient (Wildman–Crippen LogP) is -5.70. The van der Waals surface area contributed by atoms with Crippen LogP contribution < -0.4 is 60.2 Å². The van der Waals surface area contributed by atoms with Gasteiger partial charge in [-0.2, -0.15) is 12.6 Å². The van der Waals surface area contributed by atoms with E-state index in [2.05, 4.69) is 54.8 Å². The molecule has 9 amide bonds. The average Bonchev–Trinajstić information content (AvgIpc) is 3.82. The van der Waals surface area contributed by atoms with E-state index in [1.54, 1.807) is 44.2 Å². The van der Waals surface area contributed by atoms with Crippen LogP contribution in [-0.2, 0) is 72.1 Å². The third-order valence-electron chi connectivity index (χ3n) is 11.7. The number of aliphatic carboxylic acids is 2. The second-order valence-corrected chi connectivity index (χ2v) is 19.2. The number of primary amides is 2. The van der Waals surface area contributed by atoms with Gasteiger partial charge in [0, 0.05) is 37.6 Å². The summed E-state index contributed by atoms with van der Waals surface area (Å²) in [5, 5.41) is 65.7. The fraction of sp³-hybridized carbons (Fsp3) is 0.583. The van der Waals surface area contributed by atoms with Crippen molar-refractivity contribution in [1.82, 2.24) is 46.8 Å². The molecule has 0 spiro atoms. The number of carboxylic acids is 2. The minimum atomic E-state index is -1.64. The summed E-state index contributed by atoms with van der Waals surface area (Å²) in [6.45, 7) is 2.68. The standard InChI is InChI=1S/C48H75N13O16S/c1-25(2)16-32(57-45(73)33(17-26-8-4-3-5-9-26)58-47(75)35(23-78)60-43(71)30(12-14-40(67)68)54-41(69)28(50)19-39(52)66)44(72)55-29(11-13-38(51)65)42(70)59-34(46(74)56-31(48(76)77)10-6-7-15-49)18-27-20-61(24-53-27)21-36(63)37(64)22-62/h3-5,8-9,20,24-25,28-37,62-64,78H,6-7,10-19,21-23,49-50H2,1-2H3,(H2,51,65)(H2,52,66)(H,54,69)(H,55,72)(H,56,74)(H,57,73)(H,58,75)(H,59,70)(H,60,71)(H,67,68)(H,76,77)/t28-,29-,30-,31-,32-,33-,34-,35-,36?,37?/m0/s1. The molecule has 0 radical (unpaired) electrons. The molecule has 30 heteroatoms. The number of hydrogen-bond acceptors (Lipinski definition) is 18. The van der Waals surface area contributed by atoms with Gasteiger partial charge in [-0.25, -0.2) is 9.78 Å². The maximum absolute atomic E-state index is 14.4. The molecule has 20 N–H and O–H groups in total. The number of amides is 9. The van der Waals surface area contributed by atoms with Crippen molar-refractivity contribution in [2.24, 2.45) is 28.9 Å². The van der Waals surface area contributed by atoms with Crippen molar-refractivity contribution < 1.29 is 78.3 Å². The van der Waals surface area contributed by atoms with E-state index in [4.69, 9.17) is 22.9 Å². The van der Waals surface area contributed by atoms with E-state index in [9.17, 15) is 78.3 Å². The maximum Gasteiger partial charge on any atom is 0.326 e. The number of hydrogen-bond donors (Lipinski definition) is 17. The molecule has 29 nitrogen and oxygen atoms in total. The quantitative estimate of drug-likeness (QED) is 0.0220. The van der Waals surface area contributed by atoms with Crippen molar-refractivity contribution in [3.8, 4) is 0 Å². The first kappa shape index (κ1) is 66.9. The van der Waals surface area contributed by atoms with Crippen molar-refractivity contribution in [1.29, 1.82) is 0 Å². The summed E-state index contributed by atoms with van der Waals surface area (Å²) in [6, 6.07) is -3.92. The van der Waals surface area contributed by atoms with Crippen LogP contribution in [0, 0.1) is 5.92 Å². The number of imidazole rings is 1. The molecule has 1 aromatic heterocycles. The van der Waals surface area contributed by atoms with Crippen molar-refractivity contribution in [2.45, 2.75) is 152 Å². The monoisotopic (exact) mass is 1120 g/mol. The molecule has 78 heavy (non-hydrogen) atoms. The van der Waals surface area contributed by atoms with E-state index in [1.165, 1.54) is 17.1 Å². The molecule has 1 aromatic carbocycles. The van der Waals surface area contributed by atoms with Gasteiger partial charge in [0.25, 0.3) is 0 Å². The van der Waals surface area contributed by atoms with Gasteiger partial charge in [-0.3, -0.25) is 47.9 Å². The summed E-state index contributed by atoms with van der Waals surface area (Å²) < 4.78 is 1.33. The summed E-state index contributed by atoms with van der Waals surface area (Å²) in [6.07, 6.45) is -2.88. The Morgan fingerprint density at radius 2 is 1.13 bits per heavy atom. The Balaban J connectivity index is 2.50. The summed E-state index contributed by atoms with van der Waals surface area (Å²) in [5.74, 6) is -12.2. The molecule has 0 aliphatic carbocycles. The Hall–Kier alpha value is -7.25. The maximum atomic E-state index is 14.4. The zero-order valence-electron chi connectivity index (χ0n) is 43.4. The summed E-state index contributed by atoms with van der Waals surface area (Å²) in [7, 11) is 0. The third kappa shape index (κ3) is 24.8. The van der Waals surface area contributed by atoms with Gasteiger partial charge in [-0.05, 0) is 56.6 Å². The molecule has 0 aliphatic heterocycles. The molecular weight excluding hydrogens is 1050 g/mol. The summed E-state index contributed by atoms with van der Waals surface area (Å²) in [4.78, 5) is 148. The highest BCUT2D eigenvalue weighted by Gasteiger charge is 2.35. The fourth-order valence-corrected chi connectivity index (χ4v) is 7.77.